The first-order chi connectivity index (χ1) is 7.08. The summed E-state index contributed by atoms with van der Waals surface area (Å²) in [5.74, 6) is -0.771. The first kappa shape index (κ1) is 10.9. The van der Waals surface area contributed by atoms with Crippen molar-refractivity contribution in [3.05, 3.63) is 30.0 Å². The maximum atomic E-state index is 10.7. The molecule has 5 heteroatoms. The van der Waals surface area contributed by atoms with E-state index in [1.165, 1.54) is 19.2 Å². The van der Waals surface area contributed by atoms with E-state index in [9.17, 15) is 9.59 Å². The molecule has 0 aromatic carbocycles. The fourth-order valence-electron chi connectivity index (χ4n) is 0.926. The van der Waals surface area contributed by atoms with E-state index in [1.807, 2.05) is 0 Å². The second-order valence-corrected chi connectivity index (χ2v) is 2.83. The monoisotopic (exact) mass is 206 g/mol. The SMILES string of the molecule is CC(=O)Nc1ccc(C=CC(=O)O)cn1. The number of amides is 1. The summed E-state index contributed by atoms with van der Waals surface area (Å²) in [4.78, 5) is 24.8. The molecule has 0 spiro atoms. The number of carboxylic acid groups (broad SMARTS) is 1. The maximum absolute atomic E-state index is 10.7. The molecular formula is C10H10N2O3. The van der Waals surface area contributed by atoms with Gasteiger partial charge in [0.2, 0.25) is 5.91 Å². The molecule has 1 heterocycles. The summed E-state index contributed by atoms with van der Waals surface area (Å²) >= 11 is 0. The summed E-state index contributed by atoms with van der Waals surface area (Å²) in [6.07, 6.45) is 3.92. The van der Waals surface area contributed by atoms with Crippen LogP contribution in [-0.4, -0.2) is 22.0 Å². The third kappa shape index (κ3) is 4.04. The summed E-state index contributed by atoms with van der Waals surface area (Å²) in [7, 11) is 0. The van der Waals surface area contributed by atoms with Gasteiger partial charge in [0.05, 0.1) is 0 Å². The largest absolute Gasteiger partial charge is 0.478 e. The molecule has 0 radical (unpaired) electrons. The van der Waals surface area contributed by atoms with Crippen LogP contribution in [0.3, 0.4) is 0 Å². The summed E-state index contributed by atoms with van der Waals surface area (Å²) in [6, 6.07) is 3.26. The molecule has 1 rings (SSSR count). The Hall–Kier alpha value is -2.17. The number of nitrogens with one attached hydrogen (secondary N) is 1. The van der Waals surface area contributed by atoms with Crippen LogP contribution in [0.15, 0.2) is 24.4 Å². The maximum Gasteiger partial charge on any atom is 0.328 e. The predicted molar refractivity (Wildman–Crippen MR) is 55.2 cm³/mol. The molecule has 0 aliphatic rings. The minimum absolute atomic E-state index is 0.198. The molecule has 5 nitrogen and oxygen atoms in total. The molecule has 15 heavy (non-hydrogen) atoms. The molecule has 0 bridgehead atoms. The van der Waals surface area contributed by atoms with Crippen LogP contribution in [0.2, 0.25) is 0 Å². The third-order valence-corrected chi connectivity index (χ3v) is 1.51. The van der Waals surface area contributed by atoms with E-state index in [4.69, 9.17) is 5.11 Å². The van der Waals surface area contributed by atoms with Gasteiger partial charge in [-0.25, -0.2) is 9.78 Å². The summed E-state index contributed by atoms with van der Waals surface area (Å²) in [5, 5.41) is 10.9. The number of hydrogen-bond acceptors (Lipinski definition) is 3. The summed E-state index contributed by atoms with van der Waals surface area (Å²) in [5.41, 5.74) is 0.659. The highest BCUT2D eigenvalue weighted by Crippen LogP contribution is 2.06. The number of carbonyl (C=O) groups is 2. The van der Waals surface area contributed by atoms with Crippen LogP contribution in [0, 0.1) is 0 Å². The number of nitrogens with zero attached hydrogens (tertiary/aromatic N) is 1. The Labute approximate surface area is 86.5 Å². The fraction of sp³-hybridized carbons (Fsp3) is 0.100. The highest BCUT2D eigenvalue weighted by Gasteiger charge is 1.96. The van der Waals surface area contributed by atoms with Crippen molar-refractivity contribution in [1.29, 1.82) is 0 Å². The highest BCUT2D eigenvalue weighted by atomic mass is 16.4. The Kier molecular flexibility index (Phi) is 3.56. The lowest BCUT2D eigenvalue weighted by Gasteiger charge is -2.00. The Balaban J connectivity index is 2.72. The molecule has 0 unspecified atom stereocenters. The van der Waals surface area contributed by atoms with Crippen molar-refractivity contribution in [2.24, 2.45) is 0 Å². The molecule has 0 atom stereocenters. The Bertz CT molecular complexity index is 396. The van der Waals surface area contributed by atoms with E-state index in [1.54, 1.807) is 12.1 Å². The van der Waals surface area contributed by atoms with Crippen molar-refractivity contribution in [2.75, 3.05) is 5.32 Å². The quantitative estimate of drug-likeness (QED) is 0.727. The van der Waals surface area contributed by atoms with Crippen LogP contribution in [-0.2, 0) is 9.59 Å². The number of aliphatic carboxylic acids is 1. The lowest BCUT2D eigenvalue weighted by atomic mass is 10.2. The van der Waals surface area contributed by atoms with Crippen LogP contribution >= 0.6 is 0 Å². The molecule has 78 valence electrons. The van der Waals surface area contributed by atoms with Gasteiger partial charge < -0.3 is 10.4 Å². The van der Waals surface area contributed by atoms with Crippen molar-refractivity contribution in [1.82, 2.24) is 4.98 Å². The molecule has 0 saturated heterocycles. The Morgan fingerprint density at radius 3 is 2.67 bits per heavy atom. The van der Waals surface area contributed by atoms with Gasteiger partial charge in [-0.3, -0.25) is 4.79 Å². The lowest BCUT2D eigenvalue weighted by Crippen LogP contribution is -2.06. The second kappa shape index (κ2) is 4.90. The van der Waals surface area contributed by atoms with E-state index in [0.29, 0.717) is 11.4 Å². The van der Waals surface area contributed by atoms with Crippen molar-refractivity contribution < 1.29 is 14.7 Å². The van der Waals surface area contributed by atoms with E-state index < -0.39 is 5.97 Å². The van der Waals surface area contributed by atoms with Gasteiger partial charge >= 0.3 is 5.97 Å². The van der Waals surface area contributed by atoms with Crippen LogP contribution in [0.5, 0.6) is 0 Å². The van der Waals surface area contributed by atoms with Crippen LogP contribution in [0.1, 0.15) is 12.5 Å². The van der Waals surface area contributed by atoms with E-state index in [0.717, 1.165) is 6.08 Å². The number of anilines is 1. The average molecular weight is 206 g/mol. The molecule has 2 N–H and O–H groups in total. The number of pyridine rings is 1. The minimum atomic E-state index is -1.01. The van der Waals surface area contributed by atoms with Crippen LogP contribution in [0.25, 0.3) is 6.08 Å². The Morgan fingerprint density at radius 1 is 1.47 bits per heavy atom. The van der Waals surface area contributed by atoms with E-state index >= 15 is 0 Å². The number of hydrogen-bond donors (Lipinski definition) is 2. The molecular weight excluding hydrogens is 196 g/mol. The van der Waals surface area contributed by atoms with Crippen molar-refractivity contribution >= 4 is 23.8 Å². The first-order valence-corrected chi connectivity index (χ1v) is 4.22. The zero-order valence-corrected chi connectivity index (χ0v) is 8.10. The fourth-order valence-corrected chi connectivity index (χ4v) is 0.926. The molecule has 0 fully saturated rings. The zero-order chi connectivity index (χ0) is 11.3. The van der Waals surface area contributed by atoms with Crippen molar-refractivity contribution in [2.45, 2.75) is 6.92 Å². The molecule has 1 aromatic heterocycles. The van der Waals surface area contributed by atoms with Crippen molar-refractivity contribution in [3.8, 4) is 0 Å². The zero-order valence-electron chi connectivity index (χ0n) is 8.10. The molecule has 1 amide bonds. The second-order valence-electron chi connectivity index (χ2n) is 2.83. The van der Waals surface area contributed by atoms with Gasteiger partial charge in [0.15, 0.2) is 0 Å². The van der Waals surface area contributed by atoms with Gasteiger partial charge in [-0.05, 0) is 23.8 Å². The normalized spacial score (nSPS) is 10.2. The topological polar surface area (TPSA) is 79.3 Å². The van der Waals surface area contributed by atoms with Crippen molar-refractivity contribution in [3.63, 3.8) is 0 Å². The highest BCUT2D eigenvalue weighted by molar-refractivity contribution is 5.88. The minimum Gasteiger partial charge on any atom is -0.478 e. The van der Waals surface area contributed by atoms with Gasteiger partial charge in [-0.1, -0.05) is 0 Å². The van der Waals surface area contributed by atoms with Gasteiger partial charge in [0.1, 0.15) is 5.82 Å². The third-order valence-electron chi connectivity index (χ3n) is 1.51. The Morgan fingerprint density at radius 2 is 2.20 bits per heavy atom. The average Bonchev–Trinajstić information content (AvgIpc) is 2.16. The molecule has 0 aliphatic carbocycles. The number of aromatic nitrogens is 1. The number of carbonyl (C=O) groups excluding carboxylic acids is 1. The number of rotatable bonds is 3. The van der Waals surface area contributed by atoms with Gasteiger partial charge in [-0.15, -0.1) is 0 Å². The number of carboxylic acids is 1. The molecule has 1 aromatic rings. The van der Waals surface area contributed by atoms with Gasteiger partial charge in [0.25, 0.3) is 0 Å². The smallest absolute Gasteiger partial charge is 0.328 e. The summed E-state index contributed by atoms with van der Waals surface area (Å²) < 4.78 is 0. The molecule has 0 saturated carbocycles. The van der Waals surface area contributed by atoms with Gasteiger partial charge in [0, 0.05) is 19.2 Å². The lowest BCUT2D eigenvalue weighted by molar-refractivity contribution is -0.131. The molecule has 0 aliphatic heterocycles. The first-order valence-electron chi connectivity index (χ1n) is 4.22. The predicted octanol–water partition coefficient (Wildman–Crippen LogP) is 1.14. The van der Waals surface area contributed by atoms with Gasteiger partial charge in [-0.2, -0.15) is 0 Å². The van der Waals surface area contributed by atoms with Crippen LogP contribution < -0.4 is 5.32 Å². The van der Waals surface area contributed by atoms with E-state index in [2.05, 4.69) is 10.3 Å². The van der Waals surface area contributed by atoms with E-state index in [-0.39, 0.29) is 5.91 Å². The van der Waals surface area contributed by atoms with Crippen LogP contribution in [0.4, 0.5) is 5.82 Å². The summed E-state index contributed by atoms with van der Waals surface area (Å²) in [6.45, 7) is 1.39. The standard InChI is InChI=1S/C10H10N2O3/c1-7(13)12-9-4-2-8(6-11-9)3-5-10(14)15/h2-6H,1H3,(H,14,15)(H,11,12,13).